The molecule has 1 aromatic rings. The van der Waals surface area contributed by atoms with Crippen molar-refractivity contribution in [2.45, 2.75) is 44.7 Å². The van der Waals surface area contributed by atoms with Gasteiger partial charge < -0.3 is 15.0 Å². The summed E-state index contributed by atoms with van der Waals surface area (Å²) in [7, 11) is 1.91. The van der Waals surface area contributed by atoms with E-state index in [1.54, 1.807) is 0 Å². The van der Waals surface area contributed by atoms with Gasteiger partial charge in [0.2, 0.25) is 0 Å². The second-order valence-corrected chi connectivity index (χ2v) is 5.31. The first-order valence-electron chi connectivity index (χ1n) is 6.53. The largest absolute Gasteiger partial charge is 0.394 e. The van der Waals surface area contributed by atoms with Gasteiger partial charge in [-0.3, -0.25) is 0 Å². The Morgan fingerprint density at radius 3 is 2.67 bits per heavy atom. The van der Waals surface area contributed by atoms with E-state index in [0.29, 0.717) is 5.69 Å². The maximum absolute atomic E-state index is 9.55. The van der Waals surface area contributed by atoms with Crippen LogP contribution in [-0.2, 0) is 13.6 Å². The predicted octanol–water partition coefficient (Wildman–Crippen LogP) is 1.60. The average Bonchev–Trinajstić information content (AvgIpc) is 2.96. The Kier molecular flexibility index (Phi) is 3.74. The monoisotopic (exact) mass is 247 g/mol. The summed E-state index contributed by atoms with van der Waals surface area (Å²) < 4.78 is 1.91. The van der Waals surface area contributed by atoms with E-state index in [1.165, 1.54) is 12.8 Å². The lowest BCUT2D eigenvalue weighted by Crippen LogP contribution is -2.45. The third kappa shape index (κ3) is 2.29. The Morgan fingerprint density at radius 2 is 2.17 bits per heavy atom. The van der Waals surface area contributed by atoms with Crippen LogP contribution < -0.4 is 5.32 Å². The molecule has 0 amide bonds. The molecule has 0 bridgehead atoms. The summed E-state index contributed by atoms with van der Waals surface area (Å²) in [6.07, 6.45) is 4.45. The van der Waals surface area contributed by atoms with Crippen LogP contribution >= 0.6 is 0 Å². The van der Waals surface area contributed by atoms with Gasteiger partial charge in [-0.1, -0.05) is 12.8 Å². The summed E-state index contributed by atoms with van der Waals surface area (Å²) in [5.74, 6) is 0. The maximum atomic E-state index is 9.55. The van der Waals surface area contributed by atoms with Crippen LogP contribution in [0.3, 0.4) is 0 Å². The zero-order valence-corrected chi connectivity index (χ0v) is 11.2. The Bertz CT molecular complexity index is 464. The molecule has 0 radical (unpaired) electrons. The zero-order valence-electron chi connectivity index (χ0n) is 11.2. The first kappa shape index (κ1) is 13.1. The van der Waals surface area contributed by atoms with Gasteiger partial charge in [-0.05, 0) is 31.4 Å². The van der Waals surface area contributed by atoms with E-state index < -0.39 is 0 Å². The van der Waals surface area contributed by atoms with Gasteiger partial charge in [0.05, 0.1) is 6.61 Å². The SMILES string of the molecule is Cc1c(CNC2(CO)CCCC2)cc(C#N)n1C. The highest BCUT2D eigenvalue weighted by Crippen LogP contribution is 2.29. The first-order chi connectivity index (χ1) is 8.62. The van der Waals surface area contributed by atoms with Crippen LogP contribution in [0.1, 0.15) is 42.6 Å². The van der Waals surface area contributed by atoms with Gasteiger partial charge in [0.15, 0.2) is 0 Å². The molecule has 0 spiro atoms. The minimum atomic E-state index is -0.102. The van der Waals surface area contributed by atoms with Gasteiger partial charge in [0.25, 0.3) is 0 Å². The average molecular weight is 247 g/mol. The number of aliphatic hydroxyl groups is 1. The highest BCUT2D eigenvalue weighted by Gasteiger charge is 2.32. The minimum Gasteiger partial charge on any atom is -0.394 e. The molecule has 1 heterocycles. The fraction of sp³-hybridized carbons (Fsp3) is 0.643. The summed E-state index contributed by atoms with van der Waals surface area (Å²) in [5.41, 5.74) is 2.85. The van der Waals surface area contributed by atoms with E-state index in [-0.39, 0.29) is 12.1 Å². The van der Waals surface area contributed by atoms with Gasteiger partial charge in [0.1, 0.15) is 11.8 Å². The Labute approximate surface area is 108 Å². The Balaban J connectivity index is 2.08. The summed E-state index contributed by atoms with van der Waals surface area (Å²) in [4.78, 5) is 0. The Hall–Kier alpha value is -1.31. The third-order valence-corrected chi connectivity index (χ3v) is 4.27. The first-order valence-corrected chi connectivity index (χ1v) is 6.53. The number of aromatic nitrogens is 1. The van der Waals surface area contributed by atoms with E-state index in [1.807, 2.05) is 24.6 Å². The molecule has 0 aliphatic heterocycles. The molecular weight excluding hydrogens is 226 g/mol. The fourth-order valence-electron chi connectivity index (χ4n) is 2.77. The fourth-order valence-corrected chi connectivity index (χ4v) is 2.77. The third-order valence-electron chi connectivity index (χ3n) is 4.27. The molecule has 0 aromatic carbocycles. The van der Waals surface area contributed by atoms with Crippen molar-refractivity contribution in [3.8, 4) is 6.07 Å². The summed E-state index contributed by atoms with van der Waals surface area (Å²) in [5, 5.41) is 22.0. The normalized spacial score (nSPS) is 17.9. The molecule has 1 aromatic heterocycles. The van der Waals surface area contributed by atoms with Crippen molar-refractivity contribution in [2.75, 3.05) is 6.61 Å². The quantitative estimate of drug-likeness (QED) is 0.849. The molecule has 1 aliphatic carbocycles. The second-order valence-electron chi connectivity index (χ2n) is 5.31. The van der Waals surface area contributed by atoms with Crippen molar-refractivity contribution in [1.82, 2.24) is 9.88 Å². The molecule has 4 heteroatoms. The smallest absolute Gasteiger partial charge is 0.120 e. The van der Waals surface area contributed by atoms with Crippen LogP contribution in [-0.4, -0.2) is 21.8 Å². The van der Waals surface area contributed by atoms with E-state index in [2.05, 4.69) is 11.4 Å². The van der Waals surface area contributed by atoms with Crippen molar-refractivity contribution < 1.29 is 5.11 Å². The van der Waals surface area contributed by atoms with Gasteiger partial charge in [-0.15, -0.1) is 0 Å². The van der Waals surface area contributed by atoms with Crippen LogP contribution in [0.5, 0.6) is 0 Å². The number of nitrogens with one attached hydrogen (secondary N) is 1. The lowest BCUT2D eigenvalue weighted by Gasteiger charge is -2.28. The van der Waals surface area contributed by atoms with E-state index in [4.69, 9.17) is 5.26 Å². The molecule has 1 saturated carbocycles. The second kappa shape index (κ2) is 5.13. The van der Waals surface area contributed by atoms with Crippen molar-refractivity contribution in [2.24, 2.45) is 7.05 Å². The standard InChI is InChI=1S/C14H21N3O/c1-11-12(7-13(8-15)17(11)2)9-16-14(10-18)5-3-4-6-14/h7,16,18H,3-6,9-10H2,1-2H3. The van der Waals surface area contributed by atoms with Gasteiger partial charge in [-0.2, -0.15) is 5.26 Å². The lowest BCUT2D eigenvalue weighted by molar-refractivity contribution is 0.163. The van der Waals surface area contributed by atoms with Crippen molar-refractivity contribution in [3.63, 3.8) is 0 Å². The number of nitrogens with zero attached hydrogens (tertiary/aromatic N) is 2. The highest BCUT2D eigenvalue weighted by atomic mass is 16.3. The number of rotatable bonds is 4. The molecular formula is C14H21N3O. The van der Waals surface area contributed by atoms with E-state index in [9.17, 15) is 5.11 Å². The van der Waals surface area contributed by atoms with Crippen molar-refractivity contribution in [3.05, 3.63) is 23.0 Å². The lowest BCUT2D eigenvalue weighted by atomic mass is 9.98. The van der Waals surface area contributed by atoms with Crippen LogP contribution in [0, 0.1) is 18.3 Å². The van der Waals surface area contributed by atoms with Crippen LogP contribution in [0.15, 0.2) is 6.07 Å². The Morgan fingerprint density at radius 1 is 1.50 bits per heavy atom. The summed E-state index contributed by atoms with van der Waals surface area (Å²) >= 11 is 0. The molecule has 2 N–H and O–H groups in total. The van der Waals surface area contributed by atoms with Crippen molar-refractivity contribution in [1.29, 1.82) is 5.26 Å². The molecule has 18 heavy (non-hydrogen) atoms. The molecule has 98 valence electrons. The minimum absolute atomic E-state index is 0.102. The van der Waals surface area contributed by atoms with Gasteiger partial charge >= 0.3 is 0 Å². The van der Waals surface area contributed by atoms with Crippen LogP contribution in [0.2, 0.25) is 0 Å². The number of hydrogen-bond donors (Lipinski definition) is 2. The number of nitriles is 1. The summed E-state index contributed by atoms with van der Waals surface area (Å²) in [6.45, 7) is 2.95. The number of hydrogen-bond acceptors (Lipinski definition) is 3. The molecule has 0 unspecified atom stereocenters. The molecule has 1 aliphatic rings. The van der Waals surface area contributed by atoms with Gasteiger partial charge in [-0.25, -0.2) is 0 Å². The zero-order chi connectivity index (χ0) is 13.2. The van der Waals surface area contributed by atoms with Crippen LogP contribution in [0.25, 0.3) is 0 Å². The topological polar surface area (TPSA) is 61.0 Å². The number of aliphatic hydroxyl groups excluding tert-OH is 1. The van der Waals surface area contributed by atoms with Crippen molar-refractivity contribution >= 4 is 0 Å². The molecule has 0 saturated heterocycles. The van der Waals surface area contributed by atoms with Gasteiger partial charge in [0, 0.05) is 24.8 Å². The molecule has 0 atom stereocenters. The molecule has 2 rings (SSSR count). The van der Waals surface area contributed by atoms with E-state index >= 15 is 0 Å². The molecule has 4 nitrogen and oxygen atoms in total. The maximum Gasteiger partial charge on any atom is 0.120 e. The highest BCUT2D eigenvalue weighted by molar-refractivity contribution is 5.34. The summed E-state index contributed by atoms with van der Waals surface area (Å²) in [6, 6.07) is 4.13. The predicted molar refractivity (Wildman–Crippen MR) is 70.0 cm³/mol. The van der Waals surface area contributed by atoms with Crippen LogP contribution in [0.4, 0.5) is 0 Å². The van der Waals surface area contributed by atoms with E-state index in [0.717, 1.165) is 30.6 Å². The molecule has 1 fully saturated rings.